The van der Waals surface area contributed by atoms with E-state index in [0.29, 0.717) is 16.8 Å². The zero-order valence-electron chi connectivity index (χ0n) is 14.4. The van der Waals surface area contributed by atoms with Crippen molar-refractivity contribution in [2.75, 3.05) is 5.32 Å². The van der Waals surface area contributed by atoms with Gasteiger partial charge in [-0.1, -0.05) is 18.2 Å². The standard InChI is InChI=1S/C20H17N3O3/c1-12-7-13(2)9-14(8-12)22-17(24)10-23-11-21-18-15-5-3-4-6-16(15)26-19(18)20(23)25/h3-9,11H,10H2,1-2H3,(H,22,24). The van der Waals surface area contributed by atoms with Gasteiger partial charge in [-0.3, -0.25) is 14.2 Å². The van der Waals surface area contributed by atoms with Gasteiger partial charge >= 0.3 is 0 Å². The highest BCUT2D eigenvalue weighted by Gasteiger charge is 2.14. The molecule has 26 heavy (non-hydrogen) atoms. The lowest BCUT2D eigenvalue weighted by molar-refractivity contribution is -0.116. The molecule has 0 radical (unpaired) electrons. The van der Waals surface area contributed by atoms with Crippen molar-refractivity contribution in [2.24, 2.45) is 0 Å². The van der Waals surface area contributed by atoms with E-state index in [1.807, 2.05) is 50.2 Å². The second-order valence-electron chi connectivity index (χ2n) is 6.38. The fourth-order valence-electron chi connectivity index (χ4n) is 3.13. The largest absolute Gasteiger partial charge is 0.448 e. The van der Waals surface area contributed by atoms with Crippen molar-refractivity contribution >= 4 is 33.7 Å². The average Bonchev–Trinajstić information content (AvgIpc) is 2.96. The van der Waals surface area contributed by atoms with Gasteiger partial charge in [0.05, 0.1) is 6.33 Å². The van der Waals surface area contributed by atoms with Gasteiger partial charge < -0.3 is 9.73 Å². The number of rotatable bonds is 3. The number of nitrogens with one attached hydrogen (secondary N) is 1. The van der Waals surface area contributed by atoms with Crippen LogP contribution in [0, 0.1) is 13.8 Å². The van der Waals surface area contributed by atoms with E-state index in [1.165, 1.54) is 10.9 Å². The molecule has 0 aliphatic heterocycles. The Morgan fingerprint density at radius 3 is 2.65 bits per heavy atom. The van der Waals surface area contributed by atoms with E-state index < -0.39 is 0 Å². The van der Waals surface area contributed by atoms with Crippen LogP contribution in [0.15, 0.2) is 58.0 Å². The first-order chi connectivity index (χ1) is 12.5. The number of furan rings is 1. The molecule has 6 heteroatoms. The summed E-state index contributed by atoms with van der Waals surface area (Å²) in [5.74, 6) is -0.297. The first-order valence-electron chi connectivity index (χ1n) is 8.26. The number of hydrogen-bond donors (Lipinski definition) is 1. The lowest BCUT2D eigenvalue weighted by atomic mass is 10.1. The Kier molecular flexibility index (Phi) is 3.80. The highest BCUT2D eigenvalue weighted by Crippen LogP contribution is 2.24. The van der Waals surface area contributed by atoms with Gasteiger partial charge in [0, 0.05) is 11.1 Å². The molecule has 2 aromatic heterocycles. The van der Waals surface area contributed by atoms with Gasteiger partial charge in [-0.25, -0.2) is 4.98 Å². The Labute approximate surface area is 149 Å². The van der Waals surface area contributed by atoms with E-state index in [4.69, 9.17) is 4.42 Å². The van der Waals surface area contributed by atoms with Gasteiger partial charge in [-0.2, -0.15) is 0 Å². The first-order valence-corrected chi connectivity index (χ1v) is 8.26. The van der Waals surface area contributed by atoms with Crippen molar-refractivity contribution in [3.05, 3.63) is 70.3 Å². The van der Waals surface area contributed by atoms with Crippen LogP contribution in [0.3, 0.4) is 0 Å². The number of aromatic nitrogens is 2. The minimum Gasteiger partial charge on any atom is -0.448 e. The van der Waals surface area contributed by atoms with Gasteiger partial charge in [-0.05, 0) is 49.2 Å². The van der Waals surface area contributed by atoms with E-state index in [2.05, 4.69) is 10.3 Å². The summed E-state index contributed by atoms with van der Waals surface area (Å²) >= 11 is 0. The fraction of sp³-hybridized carbons (Fsp3) is 0.150. The van der Waals surface area contributed by atoms with Crippen LogP contribution in [0.1, 0.15) is 11.1 Å². The number of benzene rings is 2. The zero-order chi connectivity index (χ0) is 18.3. The molecule has 0 unspecified atom stereocenters. The molecule has 1 amide bonds. The molecule has 0 aliphatic carbocycles. The number of fused-ring (bicyclic) bond motifs is 3. The molecule has 2 heterocycles. The quantitative estimate of drug-likeness (QED) is 0.616. The van der Waals surface area contributed by atoms with Gasteiger partial charge in [0.15, 0.2) is 0 Å². The number of anilines is 1. The fourth-order valence-corrected chi connectivity index (χ4v) is 3.13. The molecule has 0 saturated carbocycles. The molecule has 0 bridgehead atoms. The van der Waals surface area contributed by atoms with Crippen LogP contribution in [0.2, 0.25) is 0 Å². The number of para-hydroxylation sites is 1. The summed E-state index contributed by atoms with van der Waals surface area (Å²) in [4.78, 5) is 29.3. The van der Waals surface area contributed by atoms with Gasteiger partial charge in [0.1, 0.15) is 17.6 Å². The summed E-state index contributed by atoms with van der Waals surface area (Å²) in [5.41, 5.74) is 3.72. The molecule has 4 rings (SSSR count). The molecule has 0 spiro atoms. The second-order valence-corrected chi connectivity index (χ2v) is 6.38. The van der Waals surface area contributed by atoms with Crippen molar-refractivity contribution in [3.8, 4) is 0 Å². The van der Waals surface area contributed by atoms with Crippen molar-refractivity contribution < 1.29 is 9.21 Å². The molecule has 130 valence electrons. The highest BCUT2D eigenvalue weighted by atomic mass is 16.3. The zero-order valence-corrected chi connectivity index (χ0v) is 14.4. The summed E-state index contributed by atoms with van der Waals surface area (Å²) in [5, 5.41) is 3.60. The molecule has 4 aromatic rings. The smallest absolute Gasteiger partial charge is 0.297 e. The van der Waals surface area contributed by atoms with Crippen LogP contribution in [0.4, 0.5) is 5.69 Å². The Morgan fingerprint density at radius 2 is 1.88 bits per heavy atom. The Hall–Kier alpha value is -3.41. The van der Waals surface area contributed by atoms with E-state index in [-0.39, 0.29) is 23.6 Å². The van der Waals surface area contributed by atoms with Crippen LogP contribution in [-0.2, 0) is 11.3 Å². The van der Waals surface area contributed by atoms with Crippen LogP contribution in [-0.4, -0.2) is 15.5 Å². The van der Waals surface area contributed by atoms with Crippen molar-refractivity contribution in [1.29, 1.82) is 0 Å². The third kappa shape index (κ3) is 2.86. The van der Waals surface area contributed by atoms with E-state index in [0.717, 1.165) is 16.5 Å². The van der Waals surface area contributed by atoms with Crippen LogP contribution >= 0.6 is 0 Å². The molecule has 1 N–H and O–H groups in total. The Bertz CT molecular complexity index is 1180. The summed E-state index contributed by atoms with van der Waals surface area (Å²) in [6, 6.07) is 13.1. The number of aryl methyl sites for hydroxylation is 2. The van der Waals surface area contributed by atoms with Gasteiger partial charge in [0.2, 0.25) is 11.5 Å². The minimum atomic E-state index is -0.373. The SMILES string of the molecule is Cc1cc(C)cc(NC(=O)Cn2cnc3c(oc4ccccc43)c2=O)c1. The maximum atomic E-state index is 12.6. The molecule has 0 fully saturated rings. The normalized spacial score (nSPS) is 11.2. The molecule has 0 saturated heterocycles. The summed E-state index contributed by atoms with van der Waals surface area (Å²) in [6.45, 7) is 3.80. The Balaban J connectivity index is 1.64. The van der Waals surface area contributed by atoms with E-state index in [1.54, 1.807) is 6.07 Å². The molecule has 0 atom stereocenters. The van der Waals surface area contributed by atoms with Crippen LogP contribution in [0.5, 0.6) is 0 Å². The van der Waals surface area contributed by atoms with Gasteiger partial charge in [0.25, 0.3) is 5.56 Å². The molecule has 2 aromatic carbocycles. The second kappa shape index (κ2) is 6.15. The number of hydrogen-bond acceptors (Lipinski definition) is 4. The van der Waals surface area contributed by atoms with Crippen LogP contribution < -0.4 is 10.9 Å². The number of amides is 1. The monoisotopic (exact) mass is 347 g/mol. The van der Waals surface area contributed by atoms with Gasteiger partial charge in [-0.15, -0.1) is 0 Å². The number of nitrogens with zero attached hydrogens (tertiary/aromatic N) is 2. The molecular weight excluding hydrogens is 330 g/mol. The third-order valence-corrected chi connectivity index (χ3v) is 4.17. The average molecular weight is 347 g/mol. The van der Waals surface area contributed by atoms with Crippen molar-refractivity contribution in [3.63, 3.8) is 0 Å². The topological polar surface area (TPSA) is 77.1 Å². The lowest BCUT2D eigenvalue weighted by Gasteiger charge is -2.08. The Morgan fingerprint density at radius 1 is 1.15 bits per heavy atom. The van der Waals surface area contributed by atoms with Crippen molar-refractivity contribution in [1.82, 2.24) is 9.55 Å². The van der Waals surface area contributed by atoms with Crippen molar-refractivity contribution in [2.45, 2.75) is 20.4 Å². The molecule has 0 aliphatic rings. The predicted octanol–water partition coefficient (Wildman–Crippen LogP) is 3.40. The lowest BCUT2D eigenvalue weighted by Crippen LogP contribution is -2.27. The maximum Gasteiger partial charge on any atom is 0.297 e. The van der Waals surface area contributed by atoms with Crippen LogP contribution in [0.25, 0.3) is 22.1 Å². The molecular formula is C20H17N3O3. The first kappa shape index (κ1) is 16.1. The summed E-state index contributed by atoms with van der Waals surface area (Å²) < 4.78 is 6.88. The number of carbonyl (C=O) groups excluding carboxylic acids is 1. The van der Waals surface area contributed by atoms with E-state index >= 15 is 0 Å². The highest BCUT2D eigenvalue weighted by molar-refractivity contribution is 6.01. The minimum absolute atomic E-state index is 0.133. The molecule has 6 nitrogen and oxygen atoms in total. The van der Waals surface area contributed by atoms with E-state index in [9.17, 15) is 9.59 Å². The number of carbonyl (C=O) groups is 1. The predicted molar refractivity (Wildman–Crippen MR) is 100 cm³/mol. The maximum absolute atomic E-state index is 12.6. The summed E-state index contributed by atoms with van der Waals surface area (Å²) in [6.07, 6.45) is 1.38. The third-order valence-electron chi connectivity index (χ3n) is 4.17. The summed E-state index contributed by atoms with van der Waals surface area (Å²) in [7, 11) is 0.